The number of nitrogens with zero attached hydrogens (tertiary/aromatic N) is 2. The van der Waals surface area contributed by atoms with E-state index in [-0.39, 0.29) is 6.04 Å². The summed E-state index contributed by atoms with van der Waals surface area (Å²) in [6, 6.07) is 6.34. The van der Waals surface area contributed by atoms with Crippen LogP contribution >= 0.6 is 0 Å². The Morgan fingerprint density at radius 1 is 1.10 bits per heavy atom. The molecule has 0 bridgehead atoms. The van der Waals surface area contributed by atoms with Gasteiger partial charge in [0.05, 0.1) is 19.3 Å². The first-order valence-corrected chi connectivity index (χ1v) is 6.81. The maximum absolute atomic E-state index is 5.26. The summed E-state index contributed by atoms with van der Waals surface area (Å²) >= 11 is 0. The van der Waals surface area contributed by atoms with Gasteiger partial charge in [-0.25, -0.2) is 0 Å². The Morgan fingerprint density at radius 2 is 1.80 bits per heavy atom. The van der Waals surface area contributed by atoms with Crippen molar-refractivity contribution in [1.29, 1.82) is 0 Å². The molecule has 2 aromatic rings. The number of methoxy groups -OCH3 is 1. The lowest BCUT2D eigenvalue weighted by atomic mass is 9.99. The highest BCUT2D eigenvalue weighted by molar-refractivity contribution is 5.35. The zero-order valence-corrected chi connectivity index (χ0v) is 12.5. The minimum Gasteiger partial charge on any atom is -0.495 e. The van der Waals surface area contributed by atoms with E-state index in [0.717, 1.165) is 29.2 Å². The van der Waals surface area contributed by atoms with Crippen LogP contribution in [0, 0.1) is 13.8 Å². The summed E-state index contributed by atoms with van der Waals surface area (Å²) in [7, 11) is 1.66. The smallest absolute Gasteiger partial charge is 0.137 e. The fourth-order valence-corrected chi connectivity index (χ4v) is 2.37. The van der Waals surface area contributed by atoms with Crippen molar-refractivity contribution in [2.75, 3.05) is 13.7 Å². The van der Waals surface area contributed by atoms with E-state index < -0.39 is 0 Å². The number of nitrogens with one attached hydrogen (secondary N) is 1. The third-order valence-electron chi connectivity index (χ3n) is 3.15. The largest absolute Gasteiger partial charge is 0.495 e. The van der Waals surface area contributed by atoms with Crippen LogP contribution in [0.1, 0.15) is 35.5 Å². The van der Waals surface area contributed by atoms with Crippen LogP contribution < -0.4 is 10.1 Å². The van der Waals surface area contributed by atoms with E-state index in [2.05, 4.69) is 34.3 Å². The maximum Gasteiger partial charge on any atom is 0.137 e. The number of hydrogen-bond donors (Lipinski definition) is 1. The molecule has 0 saturated heterocycles. The number of rotatable bonds is 5. The molecule has 2 rings (SSSR count). The van der Waals surface area contributed by atoms with Crippen molar-refractivity contribution in [1.82, 2.24) is 15.3 Å². The highest BCUT2D eigenvalue weighted by Crippen LogP contribution is 2.25. The summed E-state index contributed by atoms with van der Waals surface area (Å²) in [4.78, 5) is 8.68. The minimum absolute atomic E-state index is 0.100. The second kappa shape index (κ2) is 6.48. The molecule has 1 unspecified atom stereocenters. The SMILES string of the molecule is CCNC(c1cncc(OC)c1)c1cc(C)nc(C)c1. The van der Waals surface area contributed by atoms with Crippen molar-refractivity contribution < 1.29 is 4.74 Å². The predicted molar refractivity (Wildman–Crippen MR) is 80.0 cm³/mol. The maximum atomic E-state index is 5.26. The van der Waals surface area contributed by atoms with Crippen molar-refractivity contribution in [3.63, 3.8) is 0 Å². The van der Waals surface area contributed by atoms with Gasteiger partial charge in [-0.2, -0.15) is 0 Å². The monoisotopic (exact) mass is 271 g/mol. The third-order valence-corrected chi connectivity index (χ3v) is 3.15. The van der Waals surface area contributed by atoms with Crippen LogP contribution in [-0.4, -0.2) is 23.6 Å². The topological polar surface area (TPSA) is 47.0 Å². The summed E-state index contributed by atoms with van der Waals surface area (Å²) in [6.45, 7) is 7.01. The number of aryl methyl sites for hydroxylation is 2. The Hall–Kier alpha value is -1.94. The van der Waals surface area contributed by atoms with Gasteiger partial charge in [-0.3, -0.25) is 9.97 Å². The number of aromatic nitrogens is 2. The average molecular weight is 271 g/mol. The van der Waals surface area contributed by atoms with E-state index >= 15 is 0 Å². The first-order valence-electron chi connectivity index (χ1n) is 6.81. The third kappa shape index (κ3) is 3.33. The van der Waals surface area contributed by atoms with Crippen LogP contribution in [0.4, 0.5) is 0 Å². The molecule has 1 atom stereocenters. The summed E-state index contributed by atoms with van der Waals surface area (Å²) in [5.41, 5.74) is 4.35. The van der Waals surface area contributed by atoms with Crippen molar-refractivity contribution in [3.8, 4) is 5.75 Å². The summed E-state index contributed by atoms with van der Waals surface area (Å²) < 4.78 is 5.26. The Labute approximate surface area is 120 Å². The van der Waals surface area contributed by atoms with E-state index in [9.17, 15) is 0 Å². The van der Waals surface area contributed by atoms with Gasteiger partial charge in [0.2, 0.25) is 0 Å². The van der Waals surface area contributed by atoms with Gasteiger partial charge in [0.15, 0.2) is 0 Å². The van der Waals surface area contributed by atoms with E-state index in [1.54, 1.807) is 13.3 Å². The lowest BCUT2D eigenvalue weighted by Gasteiger charge is -2.20. The molecule has 0 aliphatic heterocycles. The fourth-order valence-electron chi connectivity index (χ4n) is 2.37. The summed E-state index contributed by atoms with van der Waals surface area (Å²) in [5, 5.41) is 3.50. The predicted octanol–water partition coefficient (Wildman–Crippen LogP) is 2.80. The molecule has 1 N–H and O–H groups in total. The molecule has 0 radical (unpaired) electrons. The number of ether oxygens (including phenoxy) is 1. The van der Waals surface area contributed by atoms with Gasteiger partial charge in [0, 0.05) is 17.6 Å². The van der Waals surface area contributed by atoms with Crippen LogP contribution in [0.5, 0.6) is 5.75 Å². The first-order chi connectivity index (χ1) is 9.63. The van der Waals surface area contributed by atoms with E-state index in [0.29, 0.717) is 0 Å². The quantitative estimate of drug-likeness (QED) is 0.908. The molecule has 2 heterocycles. The Balaban J connectivity index is 2.43. The second-order valence-electron chi connectivity index (χ2n) is 4.83. The molecular formula is C16H21N3O. The van der Waals surface area contributed by atoms with Crippen LogP contribution in [0.3, 0.4) is 0 Å². The molecule has 0 aliphatic rings. The van der Waals surface area contributed by atoms with Gasteiger partial charge in [-0.1, -0.05) is 6.92 Å². The van der Waals surface area contributed by atoms with Crippen LogP contribution in [0.25, 0.3) is 0 Å². The van der Waals surface area contributed by atoms with E-state index in [4.69, 9.17) is 4.74 Å². The van der Waals surface area contributed by atoms with Gasteiger partial charge in [-0.05, 0) is 49.7 Å². The minimum atomic E-state index is 0.100. The fraction of sp³-hybridized carbons (Fsp3) is 0.375. The summed E-state index contributed by atoms with van der Waals surface area (Å²) in [5.74, 6) is 0.771. The van der Waals surface area contributed by atoms with E-state index in [1.807, 2.05) is 26.1 Å². The Kier molecular flexibility index (Phi) is 4.69. The molecule has 2 aromatic heterocycles. The van der Waals surface area contributed by atoms with Crippen molar-refractivity contribution in [2.45, 2.75) is 26.8 Å². The second-order valence-corrected chi connectivity index (χ2v) is 4.83. The Bertz CT molecular complexity index is 563. The molecule has 20 heavy (non-hydrogen) atoms. The zero-order chi connectivity index (χ0) is 14.5. The molecule has 0 saturated carbocycles. The van der Waals surface area contributed by atoms with Gasteiger partial charge in [0.25, 0.3) is 0 Å². The van der Waals surface area contributed by atoms with Crippen LogP contribution in [0.2, 0.25) is 0 Å². The number of hydrogen-bond acceptors (Lipinski definition) is 4. The van der Waals surface area contributed by atoms with Crippen molar-refractivity contribution >= 4 is 0 Å². The molecule has 0 aliphatic carbocycles. The van der Waals surface area contributed by atoms with Gasteiger partial charge >= 0.3 is 0 Å². The number of pyridine rings is 2. The molecular weight excluding hydrogens is 250 g/mol. The molecule has 0 fully saturated rings. The van der Waals surface area contributed by atoms with E-state index in [1.165, 1.54) is 5.56 Å². The molecule has 106 valence electrons. The van der Waals surface area contributed by atoms with Gasteiger partial charge in [0.1, 0.15) is 5.75 Å². The zero-order valence-electron chi connectivity index (χ0n) is 12.5. The lowest BCUT2D eigenvalue weighted by molar-refractivity contribution is 0.411. The first kappa shape index (κ1) is 14.5. The van der Waals surface area contributed by atoms with Crippen LogP contribution in [-0.2, 0) is 0 Å². The molecule has 0 amide bonds. The molecule has 4 heteroatoms. The average Bonchev–Trinajstić information content (AvgIpc) is 2.43. The van der Waals surface area contributed by atoms with Crippen molar-refractivity contribution in [3.05, 3.63) is 53.1 Å². The lowest BCUT2D eigenvalue weighted by Crippen LogP contribution is -2.22. The standard InChI is InChI=1S/C16H21N3O/c1-5-18-16(13-6-11(2)19-12(3)7-13)14-8-15(20-4)10-17-9-14/h6-10,16,18H,5H2,1-4H3. The molecule has 0 aromatic carbocycles. The van der Waals surface area contributed by atoms with Crippen molar-refractivity contribution in [2.24, 2.45) is 0 Å². The molecule has 4 nitrogen and oxygen atoms in total. The highest BCUT2D eigenvalue weighted by Gasteiger charge is 2.15. The normalized spacial score (nSPS) is 12.2. The molecule has 0 spiro atoms. The summed E-state index contributed by atoms with van der Waals surface area (Å²) in [6.07, 6.45) is 3.59. The van der Waals surface area contributed by atoms with Gasteiger partial charge < -0.3 is 10.1 Å². The van der Waals surface area contributed by atoms with Gasteiger partial charge in [-0.15, -0.1) is 0 Å². The van der Waals surface area contributed by atoms with Crippen LogP contribution in [0.15, 0.2) is 30.6 Å². The highest BCUT2D eigenvalue weighted by atomic mass is 16.5. The Morgan fingerprint density at radius 3 is 2.40 bits per heavy atom.